The maximum atomic E-state index is 13.2. The lowest BCUT2D eigenvalue weighted by Gasteiger charge is -2.05. The van der Waals surface area contributed by atoms with Gasteiger partial charge in [-0.3, -0.25) is 4.79 Å². The molecular formula is C10H10BrFO. The minimum atomic E-state index is -0.297. The molecule has 0 aliphatic carbocycles. The highest BCUT2D eigenvalue weighted by molar-refractivity contribution is 9.09. The van der Waals surface area contributed by atoms with Gasteiger partial charge >= 0.3 is 0 Å². The van der Waals surface area contributed by atoms with Crippen molar-refractivity contribution < 1.29 is 9.18 Å². The summed E-state index contributed by atoms with van der Waals surface area (Å²) in [5.41, 5.74) is 0.992. The van der Waals surface area contributed by atoms with Crippen molar-refractivity contribution in [3.63, 3.8) is 0 Å². The largest absolute Gasteiger partial charge is 0.293 e. The van der Waals surface area contributed by atoms with Crippen LogP contribution < -0.4 is 0 Å². The van der Waals surface area contributed by atoms with Crippen LogP contribution in [0, 0.1) is 5.82 Å². The Balaban J connectivity index is 3.20. The van der Waals surface area contributed by atoms with E-state index < -0.39 is 0 Å². The third-order valence-corrected chi connectivity index (χ3v) is 2.40. The van der Waals surface area contributed by atoms with Crippen LogP contribution >= 0.6 is 15.9 Å². The quantitative estimate of drug-likeness (QED) is 0.591. The van der Waals surface area contributed by atoms with Gasteiger partial charge in [-0.15, -0.1) is 0 Å². The van der Waals surface area contributed by atoms with Crippen LogP contribution in [0.1, 0.15) is 22.8 Å². The minimum Gasteiger partial charge on any atom is -0.293 e. The summed E-state index contributed by atoms with van der Waals surface area (Å²) in [6, 6.07) is 4.60. The van der Waals surface area contributed by atoms with Gasteiger partial charge < -0.3 is 0 Å². The first-order valence-electron chi connectivity index (χ1n) is 4.07. The summed E-state index contributed by atoms with van der Waals surface area (Å²) in [7, 11) is 0. The summed E-state index contributed by atoms with van der Waals surface area (Å²) in [5, 5.41) is 0.240. The van der Waals surface area contributed by atoms with Gasteiger partial charge in [0.15, 0.2) is 5.78 Å². The van der Waals surface area contributed by atoms with Gasteiger partial charge in [-0.05, 0) is 18.1 Å². The lowest BCUT2D eigenvalue weighted by atomic mass is 10.0. The predicted octanol–water partition coefficient (Wildman–Crippen LogP) is 2.97. The monoisotopic (exact) mass is 244 g/mol. The van der Waals surface area contributed by atoms with E-state index >= 15 is 0 Å². The molecule has 13 heavy (non-hydrogen) atoms. The Morgan fingerprint density at radius 2 is 2.23 bits per heavy atom. The van der Waals surface area contributed by atoms with Gasteiger partial charge in [0.2, 0.25) is 0 Å². The number of ketones is 1. The molecule has 3 heteroatoms. The number of hydrogen-bond acceptors (Lipinski definition) is 1. The molecular weight excluding hydrogens is 235 g/mol. The van der Waals surface area contributed by atoms with Crippen molar-refractivity contribution in [1.29, 1.82) is 0 Å². The van der Waals surface area contributed by atoms with E-state index in [-0.39, 0.29) is 16.9 Å². The Morgan fingerprint density at radius 1 is 1.54 bits per heavy atom. The molecule has 70 valence electrons. The van der Waals surface area contributed by atoms with Crippen LogP contribution in [0.25, 0.3) is 0 Å². The molecule has 0 aromatic heterocycles. The molecule has 0 bridgehead atoms. The first-order chi connectivity index (χ1) is 6.20. The summed E-state index contributed by atoms with van der Waals surface area (Å²) in [4.78, 5) is 11.3. The second-order valence-corrected chi connectivity index (χ2v) is 3.24. The van der Waals surface area contributed by atoms with Crippen molar-refractivity contribution in [2.24, 2.45) is 0 Å². The maximum Gasteiger partial charge on any atom is 0.173 e. The molecule has 0 saturated carbocycles. The Bertz CT molecular complexity index is 323. The standard InChI is InChI=1S/C10H10BrFO/c1-2-7-8(10(13)6-11)4-3-5-9(7)12/h3-5H,2,6H2,1H3. The van der Waals surface area contributed by atoms with Crippen molar-refractivity contribution in [2.75, 3.05) is 5.33 Å². The highest BCUT2D eigenvalue weighted by Crippen LogP contribution is 2.15. The number of alkyl halides is 1. The Kier molecular flexibility index (Phi) is 3.60. The molecule has 0 heterocycles. The lowest BCUT2D eigenvalue weighted by molar-refractivity contribution is 0.102. The second kappa shape index (κ2) is 4.51. The van der Waals surface area contributed by atoms with Crippen molar-refractivity contribution in [3.05, 3.63) is 35.1 Å². The highest BCUT2D eigenvalue weighted by Gasteiger charge is 2.11. The van der Waals surface area contributed by atoms with Gasteiger partial charge in [0.1, 0.15) is 5.82 Å². The van der Waals surface area contributed by atoms with Gasteiger partial charge in [-0.2, -0.15) is 0 Å². The summed E-state index contributed by atoms with van der Waals surface area (Å²) in [6.07, 6.45) is 0.542. The van der Waals surface area contributed by atoms with Crippen molar-refractivity contribution in [2.45, 2.75) is 13.3 Å². The van der Waals surface area contributed by atoms with E-state index in [1.54, 1.807) is 12.1 Å². The number of Topliss-reactive ketones (excluding diaryl/α,β-unsaturated/α-hetero) is 1. The molecule has 0 atom stereocenters. The van der Waals surface area contributed by atoms with E-state index in [0.29, 0.717) is 17.5 Å². The molecule has 0 saturated heterocycles. The summed E-state index contributed by atoms with van der Waals surface area (Å²) in [5.74, 6) is -0.370. The zero-order chi connectivity index (χ0) is 9.84. The fraction of sp³-hybridized carbons (Fsp3) is 0.300. The molecule has 0 radical (unpaired) electrons. The zero-order valence-corrected chi connectivity index (χ0v) is 8.90. The molecule has 0 aliphatic rings. The average Bonchev–Trinajstić information content (AvgIpc) is 2.16. The highest BCUT2D eigenvalue weighted by atomic mass is 79.9. The summed E-state index contributed by atoms with van der Waals surface area (Å²) in [6.45, 7) is 1.84. The molecule has 1 nitrogen and oxygen atoms in total. The van der Waals surface area contributed by atoms with Gasteiger partial charge in [0.05, 0.1) is 5.33 Å². The fourth-order valence-electron chi connectivity index (χ4n) is 1.25. The van der Waals surface area contributed by atoms with Crippen LogP contribution in [-0.4, -0.2) is 11.1 Å². The Labute approximate surface area is 85.1 Å². The Hall–Kier alpha value is -0.700. The minimum absolute atomic E-state index is 0.0728. The van der Waals surface area contributed by atoms with E-state index in [0.717, 1.165) is 0 Å². The Morgan fingerprint density at radius 3 is 2.77 bits per heavy atom. The smallest absolute Gasteiger partial charge is 0.173 e. The molecule has 0 N–H and O–H groups in total. The fourth-order valence-corrected chi connectivity index (χ4v) is 1.55. The summed E-state index contributed by atoms with van der Waals surface area (Å²) < 4.78 is 13.2. The average molecular weight is 245 g/mol. The van der Waals surface area contributed by atoms with Crippen LogP contribution in [-0.2, 0) is 6.42 Å². The second-order valence-electron chi connectivity index (χ2n) is 2.68. The first-order valence-corrected chi connectivity index (χ1v) is 5.19. The number of carbonyl (C=O) groups excluding carboxylic acids is 1. The topological polar surface area (TPSA) is 17.1 Å². The molecule has 1 aromatic rings. The van der Waals surface area contributed by atoms with Crippen molar-refractivity contribution in [1.82, 2.24) is 0 Å². The van der Waals surface area contributed by atoms with E-state index in [2.05, 4.69) is 15.9 Å². The van der Waals surface area contributed by atoms with Crippen LogP contribution in [0.3, 0.4) is 0 Å². The van der Waals surface area contributed by atoms with E-state index in [1.165, 1.54) is 6.07 Å². The van der Waals surface area contributed by atoms with Crippen LogP contribution in [0.15, 0.2) is 18.2 Å². The van der Waals surface area contributed by atoms with Gasteiger partial charge in [0, 0.05) is 5.56 Å². The van der Waals surface area contributed by atoms with Gasteiger partial charge in [-0.1, -0.05) is 35.0 Å². The first kappa shape index (κ1) is 10.4. The molecule has 0 unspecified atom stereocenters. The number of carbonyl (C=O) groups is 1. The maximum absolute atomic E-state index is 13.2. The predicted molar refractivity (Wildman–Crippen MR) is 53.9 cm³/mol. The normalized spacial score (nSPS) is 10.1. The number of benzene rings is 1. The van der Waals surface area contributed by atoms with Crippen molar-refractivity contribution >= 4 is 21.7 Å². The summed E-state index contributed by atoms with van der Waals surface area (Å²) >= 11 is 3.07. The van der Waals surface area contributed by atoms with E-state index in [1.807, 2.05) is 6.92 Å². The lowest BCUT2D eigenvalue weighted by Crippen LogP contribution is -2.06. The van der Waals surface area contributed by atoms with Crippen LogP contribution in [0.4, 0.5) is 4.39 Å². The number of rotatable bonds is 3. The molecule has 0 amide bonds. The number of halogens is 2. The van der Waals surface area contributed by atoms with Gasteiger partial charge in [0.25, 0.3) is 0 Å². The molecule has 1 aromatic carbocycles. The van der Waals surface area contributed by atoms with Crippen molar-refractivity contribution in [3.8, 4) is 0 Å². The molecule has 0 aliphatic heterocycles. The van der Waals surface area contributed by atoms with E-state index in [9.17, 15) is 9.18 Å². The molecule has 0 fully saturated rings. The third-order valence-electron chi connectivity index (χ3n) is 1.89. The molecule has 0 spiro atoms. The zero-order valence-electron chi connectivity index (χ0n) is 7.31. The number of hydrogen-bond donors (Lipinski definition) is 0. The van der Waals surface area contributed by atoms with E-state index in [4.69, 9.17) is 0 Å². The van der Waals surface area contributed by atoms with Crippen LogP contribution in [0.2, 0.25) is 0 Å². The SMILES string of the molecule is CCc1c(F)cccc1C(=O)CBr. The molecule has 1 rings (SSSR count). The van der Waals surface area contributed by atoms with Crippen LogP contribution in [0.5, 0.6) is 0 Å². The van der Waals surface area contributed by atoms with Gasteiger partial charge in [-0.25, -0.2) is 4.39 Å². The third kappa shape index (κ3) is 2.15.